The number of halogens is 3. The Bertz CT molecular complexity index is 189. The molecule has 0 unspecified atom stereocenters. The topological polar surface area (TPSA) is 0 Å². The van der Waals surface area contributed by atoms with Gasteiger partial charge in [0.25, 0.3) is 0 Å². The summed E-state index contributed by atoms with van der Waals surface area (Å²) in [6.45, 7) is 3.76. The Kier molecular flexibility index (Phi) is 25.8. The van der Waals surface area contributed by atoms with E-state index in [4.69, 9.17) is 6.58 Å². The van der Waals surface area contributed by atoms with Crippen molar-refractivity contribution in [2.45, 2.75) is 13.3 Å². The molecule has 0 heterocycles. The molecule has 15 heavy (non-hydrogen) atoms. The molecular formula is C11H14F3Zr-3. The van der Waals surface area contributed by atoms with Crippen molar-refractivity contribution in [3.05, 3.63) is 55.8 Å². The smallest absolute Gasteiger partial charge is 1.00 e. The summed E-state index contributed by atoms with van der Waals surface area (Å²) in [4.78, 5) is 0. The molecule has 1 aliphatic carbocycles. The van der Waals surface area contributed by atoms with E-state index in [0.29, 0.717) is 0 Å². The first kappa shape index (κ1) is 20.1. The van der Waals surface area contributed by atoms with Gasteiger partial charge in [-0.2, -0.15) is 12.2 Å². The summed E-state index contributed by atoms with van der Waals surface area (Å²) in [7, 11) is 0. The van der Waals surface area contributed by atoms with Gasteiger partial charge in [-0.05, 0) is 0 Å². The van der Waals surface area contributed by atoms with Crippen molar-refractivity contribution in [2.75, 3.05) is 0 Å². The molecule has 0 nitrogen and oxygen atoms in total. The van der Waals surface area contributed by atoms with Gasteiger partial charge >= 0.3 is 26.2 Å². The van der Waals surface area contributed by atoms with Crippen LogP contribution < -0.4 is 0 Å². The molecule has 86 valence electrons. The van der Waals surface area contributed by atoms with Crippen molar-refractivity contribution >= 4 is 0 Å². The SMILES string of the molecule is F[C-](F)F.[C-]1=CC=CC1.[CH-]=CC=CC.[H-].[H-].[Zr+2]. The third-order valence-electron chi connectivity index (χ3n) is 0.889. The van der Waals surface area contributed by atoms with Crippen molar-refractivity contribution in [1.82, 2.24) is 0 Å². The maximum Gasteiger partial charge on any atom is 2.00 e. The minimum atomic E-state index is -3.08. The molecule has 0 radical (unpaired) electrons. The number of hydrogen-bond donors (Lipinski definition) is 0. The van der Waals surface area contributed by atoms with E-state index < -0.39 is 6.68 Å². The largest absolute Gasteiger partial charge is 2.00 e. The summed E-state index contributed by atoms with van der Waals surface area (Å²) in [6.07, 6.45) is 15.2. The Morgan fingerprint density at radius 3 is 2.07 bits per heavy atom. The predicted molar refractivity (Wildman–Crippen MR) is 54.0 cm³/mol. The van der Waals surface area contributed by atoms with Gasteiger partial charge in [0.15, 0.2) is 6.68 Å². The van der Waals surface area contributed by atoms with Crippen molar-refractivity contribution in [2.24, 2.45) is 0 Å². The molecule has 0 N–H and O–H groups in total. The predicted octanol–water partition coefficient (Wildman–Crippen LogP) is 4.42. The van der Waals surface area contributed by atoms with E-state index >= 15 is 0 Å². The molecular weight excluding hydrogens is 280 g/mol. The minimum absolute atomic E-state index is 0. The van der Waals surface area contributed by atoms with E-state index in [0.717, 1.165) is 6.42 Å². The van der Waals surface area contributed by atoms with Gasteiger partial charge in [-0.3, -0.25) is 12.7 Å². The summed E-state index contributed by atoms with van der Waals surface area (Å²) in [5, 5.41) is 0. The van der Waals surface area contributed by atoms with Crippen molar-refractivity contribution in [1.29, 1.82) is 0 Å². The molecule has 0 aromatic rings. The minimum Gasteiger partial charge on any atom is -1.00 e. The fraction of sp³-hybridized carbons (Fsp3) is 0.182. The van der Waals surface area contributed by atoms with E-state index in [2.05, 4.69) is 12.2 Å². The van der Waals surface area contributed by atoms with E-state index in [1.165, 1.54) is 6.08 Å². The maximum absolute atomic E-state index is 9.58. The van der Waals surface area contributed by atoms with Crippen LogP contribution in [0.4, 0.5) is 13.2 Å². The van der Waals surface area contributed by atoms with Crippen molar-refractivity contribution in [3.63, 3.8) is 0 Å². The van der Waals surface area contributed by atoms with Crippen LogP contribution >= 0.6 is 0 Å². The van der Waals surface area contributed by atoms with Crippen LogP contribution in [0.25, 0.3) is 0 Å². The van der Waals surface area contributed by atoms with E-state index in [-0.39, 0.29) is 29.1 Å². The molecule has 0 bridgehead atoms. The van der Waals surface area contributed by atoms with Gasteiger partial charge in [-0.1, -0.05) is 6.92 Å². The first-order chi connectivity index (χ1) is 6.65. The standard InChI is InChI=1S/C5H5.C5H7.CF3.Zr.2H/c1-2-4-5-3-1;1-3-5-4-2;2-1(3)4;;;/h1-3H,4H2;1,3-5H,2H3;;;;/q3*-1;+2;2*-1. The second kappa shape index (κ2) is 19.2. The summed E-state index contributed by atoms with van der Waals surface area (Å²) in [5.74, 6) is 0. The van der Waals surface area contributed by atoms with Gasteiger partial charge in [-0.25, -0.2) is 24.3 Å². The number of rotatable bonds is 1. The van der Waals surface area contributed by atoms with Crippen LogP contribution in [0.5, 0.6) is 0 Å². The molecule has 0 saturated heterocycles. The Labute approximate surface area is 111 Å². The molecule has 0 aromatic carbocycles. The normalized spacial score (nSPS) is 11.3. The Balaban J connectivity index is -0.0000000392. The summed E-state index contributed by atoms with van der Waals surface area (Å²) in [6, 6.07) is 0. The Morgan fingerprint density at radius 2 is 2.00 bits per heavy atom. The van der Waals surface area contributed by atoms with Crippen molar-refractivity contribution < 1.29 is 42.2 Å². The average molecular weight is 294 g/mol. The molecule has 1 rings (SSSR count). The average Bonchev–Trinajstić information content (AvgIpc) is 2.61. The van der Waals surface area contributed by atoms with Crippen LogP contribution in [0.2, 0.25) is 0 Å². The second-order valence-electron chi connectivity index (χ2n) is 1.94. The van der Waals surface area contributed by atoms with Crippen LogP contribution in [0.3, 0.4) is 0 Å². The first-order valence-electron chi connectivity index (χ1n) is 3.86. The molecule has 0 amide bonds. The zero-order chi connectivity index (χ0) is 11.2. The molecule has 0 spiro atoms. The van der Waals surface area contributed by atoms with Crippen LogP contribution in [0.1, 0.15) is 16.2 Å². The van der Waals surface area contributed by atoms with Gasteiger partial charge < -0.3 is 16.0 Å². The molecule has 4 heteroatoms. The van der Waals surface area contributed by atoms with Gasteiger partial charge in [0, 0.05) is 0 Å². The van der Waals surface area contributed by atoms with Crippen LogP contribution in [-0.2, 0) is 26.2 Å². The van der Waals surface area contributed by atoms with Crippen LogP contribution in [0, 0.1) is 19.3 Å². The molecule has 0 atom stereocenters. The quantitative estimate of drug-likeness (QED) is 0.496. The van der Waals surface area contributed by atoms with Crippen LogP contribution in [-0.4, -0.2) is 0 Å². The fourth-order valence-corrected chi connectivity index (χ4v) is 0.451. The zero-order valence-electron chi connectivity index (χ0n) is 10.4. The fourth-order valence-electron chi connectivity index (χ4n) is 0.451. The summed E-state index contributed by atoms with van der Waals surface area (Å²) < 4.78 is 28.8. The first-order valence-corrected chi connectivity index (χ1v) is 3.86. The van der Waals surface area contributed by atoms with E-state index in [9.17, 15) is 13.2 Å². The third kappa shape index (κ3) is 41.9. The Hall–Kier alpha value is -0.367. The van der Waals surface area contributed by atoms with Gasteiger partial charge in [0.1, 0.15) is 0 Å². The van der Waals surface area contributed by atoms with E-state index in [1.54, 1.807) is 6.08 Å². The zero-order valence-corrected chi connectivity index (χ0v) is 10.8. The molecule has 1 aliphatic rings. The summed E-state index contributed by atoms with van der Waals surface area (Å²) in [5.41, 5.74) is 0. The Morgan fingerprint density at radius 1 is 1.47 bits per heavy atom. The van der Waals surface area contributed by atoms with Gasteiger partial charge in [-0.15, -0.1) is 6.42 Å². The third-order valence-corrected chi connectivity index (χ3v) is 0.889. The van der Waals surface area contributed by atoms with E-state index in [1.807, 2.05) is 25.2 Å². The van der Waals surface area contributed by atoms with Crippen molar-refractivity contribution in [3.8, 4) is 0 Å². The maximum atomic E-state index is 9.58. The molecule has 0 aliphatic heterocycles. The number of allylic oxidation sites excluding steroid dienone is 7. The van der Waals surface area contributed by atoms with Gasteiger partial charge in [0.05, 0.1) is 0 Å². The van der Waals surface area contributed by atoms with Crippen LogP contribution in [0.15, 0.2) is 36.5 Å². The second-order valence-corrected chi connectivity index (χ2v) is 1.94. The summed E-state index contributed by atoms with van der Waals surface area (Å²) >= 11 is 0. The number of hydrogen-bond acceptors (Lipinski definition) is 0. The molecule has 0 saturated carbocycles. The van der Waals surface area contributed by atoms with Gasteiger partial charge in [0.2, 0.25) is 0 Å². The monoisotopic (exact) mass is 293 g/mol. The molecule has 0 fully saturated rings. The molecule has 0 aromatic heterocycles.